The molecule has 1 heterocycles. The molecule has 0 fully saturated rings. The fourth-order valence-electron chi connectivity index (χ4n) is 2.62. The summed E-state index contributed by atoms with van der Waals surface area (Å²) in [6.07, 6.45) is 0. The topological polar surface area (TPSA) is 85.2 Å². The van der Waals surface area contributed by atoms with Crippen LogP contribution in [-0.4, -0.2) is 18.0 Å². The number of primary amides is 1. The molecule has 1 atom stereocenters. The van der Waals surface area contributed by atoms with E-state index in [0.717, 1.165) is 0 Å². The van der Waals surface area contributed by atoms with Crippen LogP contribution in [-0.2, 0) is 9.09 Å². The lowest BCUT2D eigenvalue weighted by Gasteiger charge is -2.17. The maximum absolute atomic E-state index is 13.7. The molecular weight excluding hydrogens is 370 g/mol. The van der Waals surface area contributed by atoms with Gasteiger partial charge < -0.3 is 15.2 Å². The van der Waals surface area contributed by atoms with E-state index >= 15 is 0 Å². The van der Waals surface area contributed by atoms with Crippen LogP contribution in [0.2, 0.25) is 10.0 Å². The SMILES string of the molecule is COP(=O)(c1cccc(Cl)c1)c1c(C(N)=O)[nH]c2ccc(Cl)cc12. The van der Waals surface area contributed by atoms with Gasteiger partial charge in [-0.1, -0.05) is 29.3 Å². The third kappa shape index (κ3) is 2.74. The number of halogens is 2. The van der Waals surface area contributed by atoms with Crippen molar-refractivity contribution in [1.82, 2.24) is 4.98 Å². The van der Waals surface area contributed by atoms with E-state index < -0.39 is 13.3 Å². The summed E-state index contributed by atoms with van der Waals surface area (Å²) in [5, 5.41) is 1.91. The summed E-state index contributed by atoms with van der Waals surface area (Å²) in [5.41, 5.74) is 6.08. The fraction of sp³-hybridized carbons (Fsp3) is 0.0625. The van der Waals surface area contributed by atoms with Crippen LogP contribution in [0.15, 0.2) is 42.5 Å². The van der Waals surface area contributed by atoms with Gasteiger partial charge in [-0.2, -0.15) is 0 Å². The molecule has 3 aromatic rings. The minimum absolute atomic E-state index is 0.0254. The van der Waals surface area contributed by atoms with Gasteiger partial charge >= 0.3 is 0 Å². The summed E-state index contributed by atoms with van der Waals surface area (Å²) in [5.74, 6) is -0.739. The van der Waals surface area contributed by atoms with Gasteiger partial charge in [0.05, 0.1) is 5.30 Å². The van der Waals surface area contributed by atoms with E-state index in [1.54, 1.807) is 42.5 Å². The number of benzene rings is 2. The number of H-pyrrole nitrogens is 1. The Morgan fingerprint density at radius 2 is 1.88 bits per heavy atom. The zero-order valence-corrected chi connectivity index (χ0v) is 15.0. The van der Waals surface area contributed by atoms with E-state index in [2.05, 4.69) is 4.98 Å². The van der Waals surface area contributed by atoms with Crippen LogP contribution in [0, 0.1) is 0 Å². The molecular formula is C16H13Cl2N2O3P. The standard InChI is InChI=1S/C16H13Cl2N2O3P/c1-23-24(22,11-4-2-3-9(17)7-11)15-12-8-10(18)5-6-13(12)20-14(15)16(19)21/h2-8,20H,1H3,(H2,19,21). The Bertz CT molecular complexity index is 1000. The second-order valence-electron chi connectivity index (χ2n) is 5.12. The van der Waals surface area contributed by atoms with Gasteiger partial charge in [0.25, 0.3) is 13.3 Å². The predicted octanol–water partition coefficient (Wildman–Crippen LogP) is 3.45. The molecule has 0 radical (unpaired) electrons. The minimum atomic E-state index is -3.62. The Hall–Kier alpha value is -1.78. The molecule has 5 nitrogen and oxygen atoms in total. The molecule has 3 N–H and O–H groups in total. The molecule has 3 rings (SSSR count). The summed E-state index contributed by atoms with van der Waals surface area (Å²) < 4.78 is 19.1. The van der Waals surface area contributed by atoms with E-state index in [0.29, 0.717) is 26.3 Å². The average Bonchev–Trinajstić information content (AvgIpc) is 2.93. The highest BCUT2D eigenvalue weighted by Gasteiger charge is 2.35. The van der Waals surface area contributed by atoms with Crippen molar-refractivity contribution in [2.24, 2.45) is 5.73 Å². The average molecular weight is 383 g/mol. The number of rotatable bonds is 4. The molecule has 0 aliphatic heterocycles. The van der Waals surface area contributed by atoms with Crippen molar-refractivity contribution in [2.45, 2.75) is 0 Å². The number of fused-ring (bicyclic) bond motifs is 1. The summed E-state index contributed by atoms with van der Waals surface area (Å²) >= 11 is 12.1. The monoisotopic (exact) mass is 382 g/mol. The third-order valence-electron chi connectivity index (χ3n) is 3.68. The summed E-state index contributed by atoms with van der Waals surface area (Å²) in [7, 11) is -2.30. The van der Waals surface area contributed by atoms with Crippen LogP contribution >= 0.6 is 30.6 Å². The number of aromatic nitrogens is 1. The maximum Gasteiger partial charge on any atom is 0.266 e. The van der Waals surface area contributed by atoms with E-state index in [9.17, 15) is 9.36 Å². The van der Waals surface area contributed by atoms with E-state index in [1.807, 2.05) is 0 Å². The first kappa shape index (κ1) is 17.1. The smallest absolute Gasteiger partial charge is 0.266 e. The Balaban J connectivity index is 2.41. The Labute approximate surface area is 148 Å². The second-order valence-corrected chi connectivity index (χ2v) is 8.42. The lowest BCUT2D eigenvalue weighted by atomic mass is 10.2. The van der Waals surface area contributed by atoms with Gasteiger partial charge in [-0.3, -0.25) is 9.36 Å². The summed E-state index contributed by atoms with van der Waals surface area (Å²) in [4.78, 5) is 14.8. The minimum Gasteiger partial charge on any atom is -0.364 e. The second kappa shape index (κ2) is 6.26. The summed E-state index contributed by atoms with van der Waals surface area (Å²) in [6.45, 7) is 0. The van der Waals surface area contributed by atoms with Gasteiger partial charge in [-0.15, -0.1) is 0 Å². The predicted molar refractivity (Wildman–Crippen MR) is 97.2 cm³/mol. The Kier molecular flexibility index (Phi) is 4.45. The molecule has 1 unspecified atom stereocenters. The van der Waals surface area contributed by atoms with E-state index in [1.165, 1.54) is 7.11 Å². The van der Waals surface area contributed by atoms with Crippen LogP contribution in [0.3, 0.4) is 0 Å². The molecule has 1 aromatic heterocycles. The molecule has 24 heavy (non-hydrogen) atoms. The van der Waals surface area contributed by atoms with Gasteiger partial charge in [0, 0.05) is 33.4 Å². The lowest BCUT2D eigenvalue weighted by Crippen LogP contribution is -2.25. The van der Waals surface area contributed by atoms with Crippen molar-refractivity contribution in [2.75, 3.05) is 7.11 Å². The highest BCUT2D eigenvalue weighted by molar-refractivity contribution is 7.75. The van der Waals surface area contributed by atoms with Crippen LogP contribution in [0.4, 0.5) is 0 Å². The number of hydrogen-bond donors (Lipinski definition) is 2. The third-order valence-corrected chi connectivity index (χ3v) is 6.67. The van der Waals surface area contributed by atoms with Crippen molar-refractivity contribution >= 4 is 58.0 Å². The fourth-order valence-corrected chi connectivity index (χ4v) is 5.26. The van der Waals surface area contributed by atoms with Gasteiger partial charge in [-0.25, -0.2) is 0 Å². The van der Waals surface area contributed by atoms with Crippen LogP contribution in [0.25, 0.3) is 10.9 Å². The molecule has 8 heteroatoms. The number of aromatic amines is 1. The van der Waals surface area contributed by atoms with Gasteiger partial charge in [0.2, 0.25) is 0 Å². The number of amides is 1. The molecule has 1 amide bonds. The first-order valence-electron chi connectivity index (χ1n) is 6.90. The number of nitrogens with one attached hydrogen (secondary N) is 1. The number of nitrogens with two attached hydrogens (primary N) is 1. The van der Waals surface area contributed by atoms with E-state index in [-0.39, 0.29) is 11.0 Å². The molecule has 0 saturated carbocycles. The van der Waals surface area contributed by atoms with Crippen molar-refractivity contribution in [3.8, 4) is 0 Å². The van der Waals surface area contributed by atoms with E-state index in [4.69, 9.17) is 33.5 Å². The highest BCUT2D eigenvalue weighted by atomic mass is 35.5. The molecule has 2 aromatic carbocycles. The molecule has 0 spiro atoms. The molecule has 0 saturated heterocycles. The Morgan fingerprint density at radius 3 is 2.50 bits per heavy atom. The molecule has 0 aliphatic rings. The first-order chi connectivity index (χ1) is 11.4. The maximum atomic E-state index is 13.7. The van der Waals surface area contributed by atoms with Gasteiger partial charge in [0.1, 0.15) is 5.69 Å². The van der Waals surface area contributed by atoms with Crippen LogP contribution < -0.4 is 16.3 Å². The molecule has 0 bridgehead atoms. The summed E-state index contributed by atoms with van der Waals surface area (Å²) in [6, 6.07) is 11.5. The quantitative estimate of drug-likeness (QED) is 0.677. The van der Waals surface area contributed by atoms with Crippen molar-refractivity contribution in [3.63, 3.8) is 0 Å². The molecule has 0 aliphatic carbocycles. The van der Waals surface area contributed by atoms with Crippen LogP contribution in [0.1, 0.15) is 10.5 Å². The zero-order valence-electron chi connectivity index (χ0n) is 12.5. The highest BCUT2D eigenvalue weighted by Crippen LogP contribution is 2.47. The van der Waals surface area contributed by atoms with Gasteiger partial charge in [0.15, 0.2) is 0 Å². The normalized spacial score (nSPS) is 13.8. The van der Waals surface area contributed by atoms with Crippen LogP contribution in [0.5, 0.6) is 0 Å². The first-order valence-corrected chi connectivity index (χ1v) is 9.28. The number of hydrogen-bond acceptors (Lipinski definition) is 3. The van der Waals surface area contributed by atoms with Crippen molar-refractivity contribution < 1.29 is 13.9 Å². The lowest BCUT2D eigenvalue weighted by molar-refractivity contribution is 0.0997. The number of carbonyl (C=O) groups is 1. The Morgan fingerprint density at radius 1 is 1.17 bits per heavy atom. The number of carbonyl (C=O) groups excluding carboxylic acids is 1. The van der Waals surface area contributed by atoms with Crippen molar-refractivity contribution in [3.05, 3.63) is 58.2 Å². The zero-order chi connectivity index (χ0) is 17.5. The van der Waals surface area contributed by atoms with Crippen molar-refractivity contribution in [1.29, 1.82) is 0 Å². The largest absolute Gasteiger partial charge is 0.364 e. The molecule has 124 valence electrons. The van der Waals surface area contributed by atoms with Gasteiger partial charge in [-0.05, 0) is 36.4 Å².